The van der Waals surface area contributed by atoms with Crippen molar-refractivity contribution in [3.05, 3.63) is 98.2 Å². The number of benzene rings is 3. The molecule has 45 heavy (non-hydrogen) atoms. The lowest BCUT2D eigenvalue weighted by molar-refractivity contribution is -0.137. The smallest absolute Gasteiger partial charge is 0.416 e. The number of imide groups is 1. The summed E-state index contributed by atoms with van der Waals surface area (Å²) in [7, 11) is 1.32. The van der Waals surface area contributed by atoms with Gasteiger partial charge in [-0.1, -0.05) is 35.2 Å². The van der Waals surface area contributed by atoms with Crippen LogP contribution in [-0.2, 0) is 27.1 Å². The lowest BCUT2D eigenvalue weighted by Gasteiger charge is -2.31. The number of carbonyl (C=O) groups is 3. The quantitative estimate of drug-likeness (QED) is 0.216. The van der Waals surface area contributed by atoms with Crippen LogP contribution in [0.15, 0.2) is 76.6 Å². The van der Waals surface area contributed by atoms with Crippen molar-refractivity contribution in [1.82, 2.24) is 4.57 Å². The molecule has 0 spiro atoms. The van der Waals surface area contributed by atoms with Gasteiger partial charge in [0.05, 0.1) is 29.3 Å². The van der Waals surface area contributed by atoms with Crippen LogP contribution in [0.3, 0.4) is 0 Å². The number of hydrogen-bond acceptors (Lipinski definition) is 8. The molecule has 1 saturated heterocycles. The maximum Gasteiger partial charge on any atom is 0.416 e. The Hall–Kier alpha value is -4.63. The Morgan fingerprint density at radius 1 is 1.02 bits per heavy atom. The number of phenolic OH excluding ortho intramolecular Hbond substituents is 1. The van der Waals surface area contributed by atoms with E-state index in [2.05, 4.69) is 5.32 Å². The van der Waals surface area contributed by atoms with Crippen LogP contribution in [-0.4, -0.2) is 39.8 Å². The summed E-state index contributed by atoms with van der Waals surface area (Å²) in [5, 5.41) is 11.9. The lowest BCUT2D eigenvalue weighted by atomic mass is 9.83. The molecule has 9 nitrogen and oxygen atoms in total. The van der Waals surface area contributed by atoms with Gasteiger partial charge in [0.1, 0.15) is 17.6 Å². The van der Waals surface area contributed by atoms with E-state index < -0.39 is 63.8 Å². The number of carbonyl (C=O) groups excluding carboxylic acids is 3. The van der Waals surface area contributed by atoms with Gasteiger partial charge < -0.3 is 15.2 Å². The topological polar surface area (TPSA) is 118 Å². The number of aromatic hydroxyl groups is 1. The van der Waals surface area contributed by atoms with Crippen LogP contribution < -0.4 is 19.8 Å². The van der Waals surface area contributed by atoms with Crippen molar-refractivity contribution in [3.8, 4) is 11.5 Å². The molecule has 2 N–H and O–H groups in total. The van der Waals surface area contributed by atoms with E-state index in [1.54, 1.807) is 0 Å². The molecular formula is C30H21F4N3O6S2. The molecule has 1 fully saturated rings. The highest BCUT2D eigenvalue weighted by Crippen LogP contribution is 2.54. The third-order valence-corrected chi connectivity index (χ3v) is 10.1. The van der Waals surface area contributed by atoms with Gasteiger partial charge in [-0.2, -0.15) is 13.2 Å². The molecule has 4 aromatic rings. The maximum absolute atomic E-state index is 14.0. The van der Waals surface area contributed by atoms with Gasteiger partial charge >= 0.3 is 11.0 Å². The minimum atomic E-state index is -4.72. The molecule has 6 rings (SSSR count). The van der Waals surface area contributed by atoms with E-state index in [0.29, 0.717) is 10.4 Å². The normalized spacial score (nSPS) is 19.3. The van der Waals surface area contributed by atoms with Gasteiger partial charge in [0.25, 0.3) is 0 Å². The van der Waals surface area contributed by atoms with Crippen LogP contribution >= 0.6 is 23.1 Å². The second-order valence-corrected chi connectivity index (χ2v) is 12.3. The van der Waals surface area contributed by atoms with Crippen LogP contribution in [0.5, 0.6) is 11.5 Å². The molecule has 0 bridgehead atoms. The second-order valence-electron chi connectivity index (χ2n) is 10.2. The molecule has 0 saturated carbocycles. The number of thiazole rings is 1. The largest absolute Gasteiger partial charge is 0.504 e. The number of nitrogens with one attached hydrogen (secondary N) is 1. The highest BCUT2D eigenvalue weighted by atomic mass is 32.2. The highest BCUT2D eigenvalue weighted by Gasteiger charge is 2.57. The number of aromatic nitrogens is 1. The number of thioether (sulfide) groups is 1. The number of phenols is 1. The number of amides is 3. The summed E-state index contributed by atoms with van der Waals surface area (Å²) in [5.74, 6) is -4.90. The van der Waals surface area contributed by atoms with E-state index in [1.165, 1.54) is 43.5 Å². The first-order valence-electron chi connectivity index (χ1n) is 13.2. The molecule has 3 unspecified atom stereocenters. The molecule has 3 heterocycles. The van der Waals surface area contributed by atoms with Crippen LogP contribution in [0.4, 0.5) is 28.9 Å². The molecule has 3 atom stereocenters. The Morgan fingerprint density at radius 3 is 2.44 bits per heavy atom. The van der Waals surface area contributed by atoms with Crippen molar-refractivity contribution < 1.29 is 41.8 Å². The first kappa shape index (κ1) is 30.4. The van der Waals surface area contributed by atoms with Crippen LogP contribution in [0, 0.1) is 11.7 Å². The van der Waals surface area contributed by atoms with E-state index in [4.69, 9.17) is 4.74 Å². The van der Waals surface area contributed by atoms with Crippen molar-refractivity contribution in [3.63, 3.8) is 0 Å². The second kappa shape index (κ2) is 11.4. The molecule has 2 aliphatic rings. The number of anilines is 2. The van der Waals surface area contributed by atoms with Gasteiger partial charge in [-0.15, -0.1) is 0 Å². The van der Waals surface area contributed by atoms with Gasteiger partial charge in [-0.25, -0.2) is 9.29 Å². The fourth-order valence-corrected chi connectivity index (χ4v) is 8.23. The Balaban J connectivity index is 1.43. The van der Waals surface area contributed by atoms with Gasteiger partial charge in [0, 0.05) is 16.5 Å². The summed E-state index contributed by atoms with van der Waals surface area (Å²) in [6.07, 6.45) is -4.72. The van der Waals surface area contributed by atoms with E-state index in [1.807, 2.05) is 0 Å². The average molecular weight is 660 g/mol. The molecule has 0 radical (unpaired) electrons. The first-order chi connectivity index (χ1) is 21.4. The number of hydrogen-bond donors (Lipinski definition) is 2. The average Bonchev–Trinajstić information content (AvgIpc) is 3.44. The van der Waals surface area contributed by atoms with Crippen molar-refractivity contribution in [2.24, 2.45) is 5.92 Å². The predicted molar refractivity (Wildman–Crippen MR) is 157 cm³/mol. The fraction of sp³-hybridized carbons (Fsp3) is 0.200. The number of rotatable bonds is 6. The summed E-state index contributed by atoms with van der Waals surface area (Å²) in [6.45, 7) is -0.475. The highest BCUT2D eigenvalue weighted by molar-refractivity contribution is 8.00. The molecule has 3 amide bonds. The maximum atomic E-state index is 14.0. The van der Waals surface area contributed by atoms with Crippen LogP contribution in [0.1, 0.15) is 21.9 Å². The minimum Gasteiger partial charge on any atom is -0.504 e. The van der Waals surface area contributed by atoms with E-state index >= 15 is 0 Å². The van der Waals surface area contributed by atoms with Crippen LogP contribution in [0.2, 0.25) is 0 Å². The first-order valence-corrected chi connectivity index (χ1v) is 14.9. The summed E-state index contributed by atoms with van der Waals surface area (Å²) < 4.78 is 60.2. The zero-order chi connectivity index (χ0) is 32.2. The number of nitrogens with zero attached hydrogens (tertiary/aromatic N) is 2. The standard InChI is InChI=1S/C30H21F4N3O6S2/c1-43-20-11-14(5-10-19(20)38)22-23-24(27(41)37(26(23)40)18-4-2-3-15(12-18)30(32,33)34)44-28-25(22)45-29(42)36(28)13-21(39)35-17-8-6-16(31)7-9-17/h2-12,22-24,38H,13H2,1H3,(H,35,39). The zero-order valence-electron chi connectivity index (χ0n) is 23.0. The molecule has 15 heteroatoms. The zero-order valence-corrected chi connectivity index (χ0v) is 24.6. The van der Waals surface area contributed by atoms with E-state index in [9.17, 15) is 41.8 Å². The Kier molecular flexibility index (Phi) is 7.69. The van der Waals surface area contributed by atoms with Crippen molar-refractivity contribution in [2.75, 3.05) is 17.3 Å². The Labute approximate surface area is 260 Å². The van der Waals surface area contributed by atoms with Gasteiger partial charge in [0.15, 0.2) is 11.5 Å². The van der Waals surface area contributed by atoms with Crippen molar-refractivity contribution >= 4 is 52.2 Å². The van der Waals surface area contributed by atoms with Crippen molar-refractivity contribution in [2.45, 2.75) is 28.9 Å². The number of halogens is 4. The predicted octanol–water partition coefficient (Wildman–Crippen LogP) is 5.22. The number of alkyl halides is 3. The monoisotopic (exact) mass is 659 g/mol. The Morgan fingerprint density at radius 2 is 1.76 bits per heavy atom. The number of ether oxygens (including phenoxy) is 1. The molecule has 1 aromatic heterocycles. The molecule has 2 aliphatic heterocycles. The van der Waals surface area contributed by atoms with E-state index in [-0.39, 0.29) is 27.9 Å². The van der Waals surface area contributed by atoms with Crippen LogP contribution in [0.25, 0.3) is 0 Å². The Bertz CT molecular complexity index is 1910. The summed E-state index contributed by atoms with van der Waals surface area (Å²) in [4.78, 5) is 54.6. The third-order valence-electron chi connectivity index (χ3n) is 7.47. The molecular weight excluding hydrogens is 638 g/mol. The molecule has 0 aliphatic carbocycles. The molecule has 232 valence electrons. The minimum absolute atomic E-state index is 0.0563. The van der Waals surface area contributed by atoms with Gasteiger partial charge in [-0.3, -0.25) is 23.7 Å². The SMILES string of the molecule is COc1cc(C2c3sc(=O)n(CC(=O)Nc4ccc(F)cc4)c3SC3C(=O)N(c4cccc(C(F)(F)F)c4)C(=O)C32)ccc1O. The number of fused-ring (bicyclic) bond motifs is 2. The van der Waals surface area contributed by atoms with Gasteiger partial charge in [0.2, 0.25) is 17.7 Å². The third kappa shape index (κ3) is 5.46. The molecule has 3 aromatic carbocycles. The van der Waals surface area contributed by atoms with E-state index in [0.717, 1.165) is 62.9 Å². The summed E-state index contributed by atoms with van der Waals surface area (Å²) in [5.41, 5.74) is -0.606. The lowest BCUT2D eigenvalue weighted by Crippen LogP contribution is -2.33. The van der Waals surface area contributed by atoms with Gasteiger partial charge in [-0.05, 0) is 60.2 Å². The number of methoxy groups -OCH3 is 1. The summed E-state index contributed by atoms with van der Waals surface area (Å²) in [6, 6.07) is 13.2. The van der Waals surface area contributed by atoms with Crippen molar-refractivity contribution in [1.29, 1.82) is 0 Å². The summed E-state index contributed by atoms with van der Waals surface area (Å²) >= 11 is 1.65. The fourth-order valence-electron chi connectivity index (χ4n) is 5.46.